The van der Waals surface area contributed by atoms with Gasteiger partial charge in [0.05, 0.1) is 6.54 Å². The second-order valence-corrected chi connectivity index (χ2v) is 7.21. The molecule has 1 aromatic rings. The van der Waals surface area contributed by atoms with Crippen molar-refractivity contribution in [2.45, 2.75) is 37.8 Å². The van der Waals surface area contributed by atoms with Gasteiger partial charge in [0, 0.05) is 19.1 Å². The number of benzene rings is 1. The first-order valence-corrected chi connectivity index (χ1v) is 8.97. The van der Waals surface area contributed by atoms with E-state index in [1.165, 1.54) is 25.0 Å². The minimum Gasteiger partial charge on any atom is -0.336 e. The highest BCUT2D eigenvalue weighted by Crippen LogP contribution is 2.27. The van der Waals surface area contributed by atoms with Crippen LogP contribution in [0.4, 0.5) is 4.39 Å². The van der Waals surface area contributed by atoms with Crippen LogP contribution in [0, 0.1) is 5.82 Å². The number of rotatable bonds is 4. The number of piperazine rings is 1. The molecule has 2 aliphatic rings. The summed E-state index contributed by atoms with van der Waals surface area (Å²) in [5.41, 5.74) is 0.612. The summed E-state index contributed by atoms with van der Waals surface area (Å²) in [6.45, 7) is 1.26. The maximum Gasteiger partial charge on any atom is 0.245 e. The van der Waals surface area contributed by atoms with Gasteiger partial charge in [0.1, 0.15) is 11.9 Å². The first-order chi connectivity index (χ1) is 12.0. The molecular weight excluding hydrogens is 321 g/mol. The third-order valence-corrected chi connectivity index (χ3v) is 5.25. The van der Waals surface area contributed by atoms with Gasteiger partial charge in [-0.15, -0.1) is 0 Å². The lowest BCUT2D eigenvalue weighted by atomic mass is 10.0. The predicted molar refractivity (Wildman–Crippen MR) is 93.4 cm³/mol. The molecule has 1 aliphatic heterocycles. The molecule has 2 amide bonds. The predicted octanol–water partition coefficient (Wildman–Crippen LogP) is 2.04. The van der Waals surface area contributed by atoms with Crippen LogP contribution in [-0.4, -0.2) is 66.3 Å². The molecule has 0 spiro atoms. The lowest BCUT2D eigenvalue weighted by molar-refractivity contribution is -0.149. The third-order valence-electron chi connectivity index (χ3n) is 5.25. The second-order valence-electron chi connectivity index (χ2n) is 7.21. The van der Waals surface area contributed by atoms with Gasteiger partial charge < -0.3 is 9.80 Å². The van der Waals surface area contributed by atoms with Crippen molar-refractivity contribution in [3.8, 4) is 0 Å². The van der Waals surface area contributed by atoms with Crippen molar-refractivity contribution in [2.24, 2.45) is 0 Å². The van der Waals surface area contributed by atoms with Crippen LogP contribution in [0.15, 0.2) is 24.3 Å². The van der Waals surface area contributed by atoms with Crippen LogP contribution in [0.3, 0.4) is 0 Å². The van der Waals surface area contributed by atoms with E-state index in [1.54, 1.807) is 36.0 Å². The summed E-state index contributed by atoms with van der Waals surface area (Å²) in [6, 6.07) is 5.88. The molecule has 0 aromatic heterocycles. The smallest absolute Gasteiger partial charge is 0.245 e. The largest absolute Gasteiger partial charge is 0.336 e. The zero-order chi connectivity index (χ0) is 18.0. The van der Waals surface area contributed by atoms with Crippen LogP contribution in [0.1, 0.15) is 37.3 Å². The molecule has 1 heterocycles. The van der Waals surface area contributed by atoms with Crippen LogP contribution in [-0.2, 0) is 9.59 Å². The fraction of sp³-hybridized carbons (Fsp3) is 0.579. The Morgan fingerprint density at radius 2 is 1.96 bits per heavy atom. The minimum absolute atomic E-state index is 0.0308. The van der Waals surface area contributed by atoms with E-state index >= 15 is 0 Å². The van der Waals surface area contributed by atoms with Gasteiger partial charge >= 0.3 is 0 Å². The maximum absolute atomic E-state index is 13.6. The highest BCUT2D eigenvalue weighted by Gasteiger charge is 2.36. The van der Waals surface area contributed by atoms with E-state index in [0.717, 1.165) is 12.8 Å². The molecule has 1 atom stereocenters. The van der Waals surface area contributed by atoms with Gasteiger partial charge in [-0.05, 0) is 44.6 Å². The first kappa shape index (κ1) is 17.9. The van der Waals surface area contributed by atoms with Crippen molar-refractivity contribution in [3.63, 3.8) is 0 Å². The quantitative estimate of drug-likeness (QED) is 0.837. The van der Waals surface area contributed by atoms with Crippen LogP contribution < -0.4 is 0 Å². The van der Waals surface area contributed by atoms with Crippen molar-refractivity contribution in [3.05, 3.63) is 35.6 Å². The number of hydrogen-bond donors (Lipinski definition) is 0. The van der Waals surface area contributed by atoms with Crippen LogP contribution >= 0.6 is 0 Å². The lowest BCUT2D eigenvalue weighted by Gasteiger charge is -2.39. The Bertz CT molecular complexity index is 643. The summed E-state index contributed by atoms with van der Waals surface area (Å²) in [5.74, 6) is -0.474. The standard InChI is InChI=1S/C19H26FN3O2/c1-21(2)18(14-6-5-7-15(20)12-14)19(25)22-10-11-23(17(24)13-22)16-8-3-4-9-16/h5-7,12,16,18H,3-4,8-11,13H2,1-2H3/t18-/m0/s1. The Morgan fingerprint density at radius 1 is 1.24 bits per heavy atom. The number of halogens is 1. The van der Waals surface area contributed by atoms with E-state index < -0.39 is 6.04 Å². The molecule has 5 nitrogen and oxygen atoms in total. The zero-order valence-corrected chi connectivity index (χ0v) is 14.9. The van der Waals surface area contributed by atoms with Crippen LogP contribution in [0.5, 0.6) is 0 Å². The average Bonchev–Trinajstić information content (AvgIpc) is 3.08. The molecule has 0 N–H and O–H groups in total. The fourth-order valence-corrected chi connectivity index (χ4v) is 3.99. The molecule has 1 saturated heterocycles. The Morgan fingerprint density at radius 3 is 2.56 bits per heavy atom. The second kappa shape index (κ2) is 7.52. The molecule has 6 heteroatoms. The number of carbonyl (C=O) groups is 2. The number of nitrogens with zero attached hydrogens (tertiary/aromatic N) is 3. The van der Waals surface area contributed by atoms with Gasteiger partial charge in [0.25, 0.3) is 0 Å². The van der Waals surface area contributed by atoms with Crippen molar-refractivity contribution in [1.29, 1.82) is 0 Å². The molecule has 1 aromatic carbocycles. The van der Waals surface area contributed by atoms with Gasteiger partial charge in [-0.25, -0.2) is 4.39 Å². The van der Waals surface area contributed by atoms with E-state index in [0.29, 0.717) is 24.7 Å². The Hall–Kier alpha value is -1.95. The molecule has 1 aliphatic carbocycles. The summed E-state index contributed by atoms with van der Waals surface area (Å²) in [5, 5.41) is 0. The van der Waals surface area contributed by atoms with Gasteiger partial charge in [-0.1, -0.05) is 25.0 Å². The summed E-state index contributed by atoms with van der Waals surface area (Å²) in [7, 11) is 3.59. The normalized spacial score (nSPS) is 20.4. The van der Waals surface area contributed by atoms with Gasteiger partial charge in [0.2, 0.25) is 11.8 Å². The molecule has 0 unspecified atom stereocenters. The van der Waals surface area contributed by atoms with Crippen molar-refractivity contribution < 1.29 is 14.0 Å². The van der Waals surface area contributed by atoms with Crippen LogP contribution in [0.2, 0.25) is 0 Å². The number of hydrogen-bond acceptors (Lipinski definition) is 3. The summed E-state index contributed by atoms with van der Waals surface area (Å²) in [4.78, 5) is 30.9. The SMILES string of the molecule is CN(C)[C@H](C(=O)N1CCN(C2CCCC2)C(=O)C1)c1cccc(F)c1. The first-order valence-electron chi connectivity index (χ1n) is 8.97. The van der Waals surface area contributed by atoms with E-state index in [2.05, 4.69) is 0 Å². The van der Waals surface area contributed by atoms with E-state index in [4.69, 9.17) is 0 Å². The maximum atomic E-state index is 13.6. The molecule has 3 rings (SSSR count). The average molecular weight is 347 g/mol. The number of amides is 2. The fourth-order valence-electron chi connectivity index (χ4n) is 3.99. The highest BCUT2D eigenvalue weighted by atomic mass is 19.1. The Balaban J connectivity index is 1.72. The Labute approximate surface area is 148 Å². The molecular formula is C19H26FN3O2. The lowest BCUT2D eigenvalue weighted by Crippen LogP contribution is -2.56. The van der Waals surface area contributed by atoms with Crippen LogP contribution in [0.25, 0.3) is 0 Å². The van der Waals surface area contributed by atoms with E-state index in [-0.39, 0.29) is 24.2 Å². The zero-order valence-electron chi connectivity index (χ0n) is 14.9. The van der Waals surface area contributed by atoms with E-state index in [1.807, 2.05) is 4.90 Å². The third kappa shape index (κ3) is 3.84. The molecule has 0 radical (unpaired) electrons. The summed E-state index contributed by atoms with van der Waals surface area (Å²) >= 11 is 0. The molecule has 25 heavy (non-hydrogen) atoms. The molecule has 0 bridgehead atoms. The number of carbonyl (C=O) groups excluding carboxylic acids is 2. The van der Waals surface area contributed by atoms with Gasteiger partial charge in [0.15, 0.2) is 0 Å². The van der Waals surface area contributed by atoms with Crippen molar-refractivity contribution in [2.75, 3.05) is 33.7 Å². The van der Waals surface area contributed by atoms with Gasteiger partial charge in [-0.3, -0.25) is 14.5 Å². The Kier molecular flexibility index (Phi) is 5.37. The van der Waals surface area contributed by atoms with Gasteiger partial charge in [-0.2, -0.15) is 0 Å². The van der Waals surface area contributed by atoms with E-state index in [9.17, 15) is 14.0 Å². The minimum atomic E-state index is -0.582. The monoisotopic (exact) mass is 347 g/mol. The molecule has 136 valence electrons. The molecule has 2 fully saturated rings. The summed E-state index contributed by atoms with van der Waals surface area (Å²) in [6.07, 6.45) is 4.51. The topological polar surface area (TPSA) is 43.9 Å². The highest BCUT2D eigenvalue weighted by molar-refractivity contribution is 5.89. The number of likely N-dealkylation sites (N-methyl/N-ethyl adjacent to an activating group) is 1. The van der Waals surface area contributed by atoms with Crippen molar-refractivity contribution in [1.82, 2.24) is 14.7 Å². The summed E-state index contributed by atoms with van der Waals surface area (Å²) < 4.78 is 13.6. The molecule has 1 saturated carbocycles. The van der Waals surface area contributed by atoms with Crippen molar-refractivity contribution >= 4 is 11.8 Å².